The molecule has 0 fully saturated rings. The Labute approximate surface area is 213 Å². The van der Waals surface area contributed by atoms with Crippen molar-refractivity contribution >= 4 is 33.4 Å². The van der Waals surface area contributed by atoms with Crippen molar-refractivity contribution in [3.05, 3.63) is 88.0 Å². The van der Waals surface area contributed by atoms with E-state index in [9.17, 15) is 42.7 Å². The van der Waals surface area contributed by atoms with Crippen LogP contribution in [0.2, 0.25) is 0 Å². The molecule has 0 unspecified atom stereocenters. The van der Waals surface area contributed by atoms with E-state index < -0.39 is 35.1 Å². The van der Waals surface area contributed by atoms with Gasteiger partial charge in [-0.2, -0.15) is 8.42 Å². The van der Waals surface area contributed by atoms with Gasteiger partial charge in [0.15, 0.2) is 5.78 Å². The third-order valence-corrected chi connectivity index (χ3v) is 6.59. The molecule has 4 N–H and O–H groups in total. The Balaban J connectivity index is 2.30. The summed E-state index contributed by atoms with van der Waals surface area (Å²) in [4.78, 5) is 35.3. The van der Waals surface area contributed by atoms with Crippen molar-refractivity contribution < 1.29 is 42.7 Å². The Bertz CT molecular complexity index is 1470. The lowest BCUT2D eigenvalue weighted by atomic mass is 9.87. The van der Waals surface area contributed by atoms with Gasteiger partial charge in [-0.1, -0.05) is 24.3 Å². The van der Waals surface area contributed by atoms with E-state index in [0.29, 0.717) is 27.8 Å². The highest BCUT2D eigenvalue weighted by Crippen LogP contribution is 2.37. The van der Waals surface area contributed by atoms with Crippen LogP contribution in [-0.2, 0) is 31.0 Å². The first-order chi connectivity index (χ1) is 17.3. The maximum absolute atomic E-state index is 12.2. The zero-order valence-electron chi connectivity index (χ0n) is 20.0. The molecule has 0 bridgehead atoms. The highest BCUT2D eigenvalue weighted by Gasteiger charge is 2.24. The average Bonchev–Trinajstić information content (AvgIpc) is 2.78. The fraction of sp³-hybridized carbons (Fsp3) is 0.192. The molecule has 1 aliphatic rings. The standard InChI is InChI=1S/C26H25NO9S/c1-15-9-17(7-8-21(15)28)25(20-5-3-4-6-22(20)37(34,35)36)18-10-16(2)26(33)19(11-18)12-27(13-23(29)30)14-24(31)32/h3-11,33H,12-14H2,1-2H3,(H,29,30)(H,31,32)(H,34,35,36)/b25-17-. The van der Waals surface area contributed by atoms with Crippen molar-refractivity contribution in [2.45, 2.75) is 25.3 Å². The number of phenolic OH excluding ortho intramolecular Hbond substituents is 1. The molecule has 2 aromatic carbocycles. The molecule has 0 aliphatic heterocycles. The van der Waals surface area contributed by atoms with Crippen molar-refractivity contribution in [1.29, 1.82) is 0 Å². The van der Waals surface area contributed by atoms with Gasteiger partial charge in [0.2, 0.25) is 0 Å². The Hall–Kier alpha value is -4.06. The van der Waals surface area contributed by atoms with Gasteiger partial charge >= 0.3 is 11.9 Å². The van der Waals surface area contributed by atoms with E-state index in [1.807, 2.05) is 0 Å². The van der Waals surface area contributed by atoms with Crippen LogP contribution in [0.15, 0.2) is 70.7 Å². The third-order valence-electron chi connectivity index (χ3n) is 5.68. The lowest BCUT2D eigenvalue weighted by Crippen LogP contribution is -2.34. The number of hydrogen-bond donors (Lipinski definition) is 4. The number of aromatic hydroxyl groups is 1. The fourth-order valence-electron chi connectivity index (χ4n) is 4.09. The molecule has 0 saturated heterocycles. The SMILES string of the molecule is CC1=C/C(=C(/c2cc(C)c(O)c(CN(CC(=O)O)CC(=O)O)c2)c2ccccc2S(=O)(=O)O)C=CC1=O. The molecule has 1 aliphatic carbocycles. The van der Waals surface area contributed by atoms with Gasteiger partial charge in [-0.15, -0.1) is 0 Å². The van der Waals surface area contributed by atoms with Crippen LogP contribution in [0.5, 0.6) is 5.75 Å². The van der Waals surface area contributed by atoms with Crippen molar-refractivity contribution in [2.75, 3.05) is 13.1 Å². The van der Waals surface area contributed by atoms with Crippen molar-refractivity contribution in [3.8, 4) is 5.75 Å². The molecule has 0 saturated carbocycles. The van der Waals surface area contributed by atoms with Gasteiger partial charge in [-0.25, -0.2) is 0 Å². The lowest BCUT2D eigenvalue weighted by Gasteiger charge is -2.22. The minimum Gasteiger partial charge on any atom is -0.507 e. The molecule has 0 atom stereocenters. The summed E-state index contributed by atoms with van der Waals surface area (Å²) in [6.07, 6.45) is 4.41. The number of carbonyl (C=O) groups is 3. The Morgan fingerprint density at radius 2 is 1.59 bits per heavy atom. The normalized spacial score (nSPS) is 15.0. The zero-order valence-corrected chi connectivity index (χ0v) is 20.8. The number of hydrogen-bond acceptors (Lipinski definition) is 7. The summed E-state index contributed by atoms with van der Waals surface area (Å²) in [5.41, 5.74) is 2.26. The van der Waals surface area contributed by atoms with E-state index in [1.54, 1.807) is 32.1 Å². The van der Waals surface area contributed by atoms with Crippen LogP contribution >= 0.6 is 0 Å². The molecule has 0 heterocycles. The number of carboxylic acid groups (broad SMARTS) is 2. The largest absolute Gasteiger partial charge is 0.507 e. The van der Waals surface area contributed by atoms with Crippen molar-refractivity contribution in [2.24, 2.45) is 0 Å². The number of ketones is 1. The molecule has 2 aromatic rings. The van der Waals surface area contributed by atoms with Gasteiger partial charge < -0.3 is 15.3 Å². The van der Waals surface area contributed by atoms with Gasteiger partial charge in [0.05, 0.1) is 13.1 Å². The number of aryl methyl sites for hydroxylation is 1. The predicted octanol–water partition coefficient (Wildman–Crippen LogP) is 2.81. The van der Waals surface area contributed by atoms with Crippen LogP contribution in [0.4, 0.5) is 0 Å². The second kappa shape index (κ2) is 10.9. The van der Waals surface area contributed by atoms with Gasteiger partial charge in [0.25, 0.3) is 10.1 Å². The topological polar surface area (TPSA) is 170 Å². The molecule has 194 valence electrons. The van der Waals surface area contributed by atoms with Crippen molar-refractivity contribution in [1.82, 2.24) is 4.90 Å². The van der Waals surface area contributed by atoms with E-state index in [-0.39, 0.29) is 34.1 Å². The van der Waals surface area contributed by atoms with Crippen LogP contribution in [0.25, 0.3) is 5.57 Å². The Kier molecular flexibility index (Phi) is 8.12. The molecule has 0 aromatic heterocycles. The summed E-state index contributed by atoms with van der Waals surface area (Å²) in [6.45, 7) is 1.76. The fourth-order valence-corrected chi connectivity index (χ4v) is 4.79. The summed E-state index contributed by atoms with van der Waals surface area (Å²) in [5, 5.41) is 29.1. The van der Waals surface area contributed by atoms with Crippen LogP contribution in [0, 0.1) is 6.92 Å². The van der Waals surface area contributed by atoms with Gasteiger partial charge in [0.1, 0.15) is 10.6 Å². The second-order valence-electron chi connectivity index (χ2n) is 8.56. The van der Waals surface area contributed by atoms with Crippen LogP contribution in [0.3, 0.4) is 0 Å². The highest BCUT2D eigenvalue weighted by atomic mass is 32.2. The van der Waals surface area contributed by atoms with E-state index in [0.717, 1.165) is 4.90 Å². The number of carboxylic acids is 2. The molecule has 0 radical (unpaired) electrons. The molecular formula is C26H25NO9S. The maximum atomic E-state index is 12.2. The number of phenols is 1. The van der Waals surface area contributed by atoms with Gasteiger partial charge in [-0.3, -0.25) is 23.8 Å². The first kappa shape index (κ1) is 27.5. The first-order valence-electron chi connectivity index (χ1n) is 11.0. The van der Waals surface area contributed by atoms with Crippen LogP contribution < -0.4 is 0 Å². The molecule has 11 heteroatoms. The number of nitrogens with zero attached hydrogens (tertiary/aromatic N) is 1. The molecule has 0 amide bonds. The van der Waals surface area contributed by atoms with E-state index in [1.165, 1.54) is 36.4 Å². The van der Waals surface area contributed by atoms with Gasteiger partial charge in [-0.05, 0) is 72.0 Å². The number of aliphatic carboxylic acids is 2. The van der Waals surface area contributed by atoms with Crippen molar-refractivity contribution in [3.63, 3.8) is 0 Å². The predicted molar refractivity (Wildman–Crippen MR) is 134 cm³/mol. The quantitative estimate of drug-likeness (QED) is 0.356. The number of rotatable bonds is 9. The Morgan fingerprint density at radius 3 is 2.16 bits per heavy atom. The lowest BCUT2D eigenvalue weighted by molar-refractivity contribution is -0.142. The highest BCUT2D eigenvalue weighted by molar-refractivity contribution is 7.86. The zero-order chi connectivity index (χ0) is 27.5. The van der Waals surface area contributed by atoms with Gasteiger partial charge in [0, 0.05) is 17.7 Å². The summed E-state index contributed by atoms with van der Waals surface area (Å²) in [7, 11) is -4.66. The number of carbonyl (C=O) groups excluding carboxylic acids is 1. The van der Waals surface area contributed by atoms with E-state index >= 15 is 0 Å². The summed E-state index contributed by atoms with van der Waals surface area (Å²) >= 11 is 0. The minimum absolute atomic E-state index is 0.131. The smallest absolute Gasteiger partial charge is 0.317 e. The molecule has 37 heavy (non-hydrogen) atoms. The number of allylic oxidation sites excluding steroid dienone is 5. The second-order valence-corrected chi connectivity index (χ2v) is 9.95. The summed E-state index contributed by atoms with van der Waals surface area (Å²) in [5.74, 6) is -2.92. The molecule has 3 rings (SSSR count). The van der Waals surface area contributed by atoms with E-state index in [4.69, 9.17) is 0 Å². The summed E-state index contributed by atoms with van der Waals surface area (Å²) in [6, 6.07) is 8.81. The molecule has 0 spiro atoms. The molecular weight excluding hydrogens is 502 g/mol. The van der Waals surface area contributed by atoms with Crippen LogP contribution in [-0.4, -0.2) is 64.0 Å². The summed E-state index contributed by atoms with van der Waals surface area (Å²) < 4.78 is 34.3. The van der Waals surface area contributed by atoms with Crippen LogP contribution in [0.1, 0.15) is 29.2 Å². The maximum Gasteiger partial charge on any atom is 0.317 e. The Morgan fingerprint density at radius 1 is 0.973 bits per heavy atom. The van der Waals surface area contributed by atoms with E-state index in [2.05, 4.69) is 0 Å². The average molecular weight is 528 g/mol. The monoisotopic (exact) mass is 527 g/mol. The number of benzene rings is 2. The molecule has 10 nitrogen and oxygen atoms in total. The minimum atomic E-state index is -4.66. The third kappa shape index (κ3) is 6.58. The first-order valence-corrected chi connectivity index (χ1v) is 12.4.